The summed E-state index contributed by atoms with van der Waals surface area (Å²) in [7, 11) is 1.20. The van der Waals surface area contributed by atoms with Gasteiger partial charge in [0, 0.05) is 10.0 Å². The Morgan fingerprint density at radius 2 is 1.79 bits per heavy atom. The van der Waals surface area contributed by atoms with Crippen LogP contribution in [0.2, 0.25) is 10.0 Å². The maximum absolute atomic E-state index is 13.8. The zero-order chi connectivity index (χ0) is 14.0. The molecule has 0 heterocycles. The van der Waals surface area contributed by atoms with Gasteiger partial charge in [0.15, 0.2) is 0 Å². The number of hydrogen-bond donors (Lipinski definition) is 0. The van der Waals surface area contributed by atoms with Crippen LogP contribution in [-0.4, -0.2) is 13.1 Å². The van der Waals surface area contributed by atoms with Crippen LogP contribution in [0, 0.1) is 5.82 Å². The largest absolute Gasteiger partial charge is 0.465 e. The molecule has 5 heteroatoms. The summed E-state index contributed by atoms with van der Waals surface area (Å²) in [6, 6.07) is 9.08. The summed E-state index contributed by atoms with van der Waals surface area (Å²) in [5, 5.41) is 0.810. The summed E-state index contributed by atoms with van der Waals surface area (Å²) in [6.07, 6.45) is 0. The topological polar surface area (TPSA) is 26.3 Å². The molecule has 2 rings (SSSR count). The van der Waals surface area contributed by atoms with Crippen LogP contribution in [0.15, 0.2) is 36.4 Å². The van der Waals surface area contributed by atoms with Crippen LogP contribution >= 0.6 is 23.2 Å². The number of hydrogen-bond acceptors (Lipinski definition) is 2. The molecular formula is C14H9Cl2FO2. The Labute approximate surface area is 119 Å². The number of ether oxygens (including phenoxy) is 1. The first-order chi connectivity index (χ1) is 9.02. The van der Waals surface area contributed by atoms with Gasteiger partial charge in [-0.05, 0) is 35.4 Å². The second-order valence-electron chi connectivity index (χ2n) is 3.81. The van der Waals surface area contributed by atoms with Crippen molar-refractivity contribution in [2.45, 2.75) is 0 Å². The quantitative estimate of drug-likeness (QED) is 0.758. The highest BCUT2D eigenvalue weighted by Gasteiger charge is 2.18. The maximum atomic E-state index is 13.8. The average Bonchev–Trinajstić information content (AvgIpc) is 2.36. The molecule has 0 aliphatic rings. The smallest absolute Gasteiger partial charge is 0.341 e. The van der Waals surface area contributed by atoms with E-state index in [2.05, 4.69) is 4.74 Å². The van der Waals surface area contributed by atoms with Gasteiger partial charge in [-0.3, -0.25) is 0 Å². The van der Waals surface area contributed by atoms with E-state index in [0.717, 1.165) is 0 Å². The number of carbonyl (C=O) groups is 1. The number of esters is 1. The number of methoxy groups -OCH3 is 1. The van der Waals surface area contributed by atoms with Crippen molar-refractivity contribution in [2.75, 3.05) is 7.11 Å². The van der Waals surface area contributed by atoms with Crippen LogP contribution in [0.25, 0.3) is 11.1 Å². The third-order valence-electron chi connectivity index (χ3n) is 2.58. The molecule has 0 atom stereocenters. The average molecular weight is 299 g/mol. The molecule has 0 saturated heterocycles. The molecule has 0 radical (unpaired) electrons. The third-order valence-corrected chi connectivity index (χ3v) is 3.01. The highest BCUT2D eigenvalue weighted by molar-refractivity contribution is 6.35. The van der Waals surface area contributed by atoms with Crippen LogP contribution in [0.5, 0.6) is 0 Å². The minimum Gasteiger partial charge on any atom is -0.465 e. The molecule has 0 bridgehead atoms. The Balaban J connectivity index is 2.68. The molecule has 0 aliphatic carbocycles. The molecule has 2 nitrogen and oxygen atoms in total. The number of halogens is 3. The summed E-state index contributed by atoms with van der Waals surface area (Å²) in [6.45, 7) is 0. The Morgan fingerprint density at radius 1 is 1.16 bits per heavy atom. The summed E-state index contributed by atoms with van der Waals surface area (Å²) < 4.78 is 18.4. The van der Waals surface area contributed by atoms with Gasteiger partial charge in [-0.25, -0.2) is 9.18 Å². The van der Waals surface area contributed by atoms with E-state index in [0.29, 0.717) is 21.2 Å². The Kier molecular flexibility index (Phi) is 4.08. The highest BCUT2D eigenvalue weighted by Crippen LogP contribution is 2.31. The molecule has 0 aromatic heterocycles. The summed E-state index contributed by atoms with van der Waals surface area (Å²) >= 11 is 11.8. The number of carbonyl (C=O) groups excluding carboxylic acids is 1. The lowest BCUT2D eigenvalue weighted by atomic mass is 9.99. The van der Waals surface area contributed by atoms with E-state index in [4.69, 9.17) is 23.2 Å². The molecule has 2 aromatic carbocycles. The van der Waals surface area contributed by atoms with E-state index in [1.165, 1.54) is 19.2 Å². The SMILES string of the molecule is COC(=O)c1c(F)cccc1-c1cc(Cl)cc(Cl)c1. The number of benzene rings is 2. The molecule has 19 heavy (non-hydrogen) atoms. The van der Waals surface area contributed by atoms with Crippen LogP contribution in [-0.2, 0) is 4.74 Å². The van der Waals surface area contributed by atoms with E-state index in [1.807, 2.05) is 0 Å². The first-order valence-corrected chi connectivity index (χ1v) is 6.12. The molecule has 0 saturated carbocycles. The lowest BCUT2D eigenvalue weighted by Crippen LogP contribution is -2.06. The summed E-state index contributed by atoms with van der Waals surface area (Å²) in [5.74, 6) is -1.40. The monoisotopic (exact) mass is 298 g/mol. The molecule has 0 spiro atoms. The van der Waals surface area contributed by atoms with Crippen molar-refractivity contribution in [3.05, 3.63) is 57.8 Å². The Bertz CT molecular complexity index is 621. The second kappa shape index (κ2) is 5.59. The van der Waals surface area contributed by atoms with Gasteiger partial charge in [-0.1, -0.05) is 35.3 Å². The standard InChI is InChI=1S/C14H9Cl2FO2/c1-19-14(18)13-11(3-2-4-12(13)17)8-5-9(15)7-10(16)6-8/h2-7H,1H3. The van der Waals surface area contributed by atoms with Crippen molar-refractivity contribution in [1.82, 2.24) is 0 Å². The molecule has 0 unspecified atom stereocenters. The van der Waals surface area contributed by atoms with E-state index >= 15 is 0 Å². The van der Waals surface area contributed by atoms with Gasteiger partial charge in [0.1, 0.15) is 11.4 Å². The van der Waals surface area contributed by atoms with Crippen LogP contribution < -0.4 is 0 Å². The van der Waals surface area contributed by atoms with Crippen molar-refractivity contribution in [1.29, 1.82) is 0 Å². The minimum absolute atomic E-state index is 0.136. The molecule has 2 aromatic rings. The summed E-state index contributed by atoms with van der Waals surface area (Å²) in [4.78, 5) is 11.7. The van der Waals surface area contributed by atoms with Gasteiger partial charge < -0.3 is 4.74 Å². The molecular weight excluding hydrogens is 290 g/mol. The van der Waals surface area contributed by atoms with Gasteiger partial charge >= 0.3 is 5.97 Å². The molecule has 0 amide bonds. The van der Waals surface area contributed by atoms with E-state index < -0.39 is 11.8 Å². The number of rotatable bonds is 2. The maximum Gasteiger partial charge on any atom is 0.341 e. The Morgan fingerprint density at radius 3 is 2.37 bits per heavy atom. The van der Waals surface area contributed by atoms with Gasteiger partial charge in [0.05, 0.1) is 7.11 Å². The Hall–Kier alpha value is -1.58. The second-order valence-corrected chi connectivity index (χ2v) is 4.68. The van der Waals surface area contributed by atoms with Crippen molar-refractivity contribution in [3.63, 3.8) is 0 Å². The minimum atomic E-state index is -0.746. The van der Waals surface area contributed by atoms with Crippen molar-refractivity contribution in [2.24, 2.45) is 0 Å². The first kappa shape index (κ1) is 13.8. The van der Waals surface area contributed by atoms with E-state index in [-0.39, 0.29) is 5.56 Å². The third kappa shape index (κ3) is 2.88. The zero-order valence-corrected chi connectivity index (χ0v) is 11.4. The molecule has 0 fully saturated rings. The zero-order valence-electron chi connectivity index (χ0n) is 9.91. The fourth-order valence-electron chi connectivity index (χ4n) is 1.78. The predicted molar refractivity (Wildman–Crippen MR) is 73.2 cm³/mol. The lowest BCUT2D eigenvalue weighted by Gasteiger charge is -2.10. The van der Waals surface area contributed by atoms with Gasteiger partial charge in [0.25, 0.3) is 0 Å². The fraction of sp³-hybridized carbons (Fsp3) is 0.0714. The first-order valence-electron chi connectivity index (χ1n) is 5.36. The van der Waals surface area contributed by atoms with Crippen LogP contribution in [0.3, 0.4) is 0 Å². The van der Waals surface area contributed by atoms with Crippen LogP contribution in [0.1, 0.15) is 10.4 Å². The normalized spacial score (nSPS) is 10.3. The van der Waals surface area contributed by atoms with Gasteiger partial charge in [-0.15, -0.1) is 0 Å². The highest BCUT2D eigenvalue weighted by atomic mass is 35.5. The molecule has 0 N–H and O–H groups in total. The predicted octanol–water partition coefficient (Wildman–Crippen LogP) is 4.59. The molecule has 0 aliphatic heterocycles. The lowest BCUT2D eigenvalue weighted by molar-refractivity contribution is 0.0596. The van der Waals surface area contributed by atoms with Crippen molar-refractivity contribution >= 4 is 29.2 Å². The van der Waals surface area contributed by atoms with Crippen molar-refractivity contribution in [3.8, 4) is 11.1 Å². The fourth-order valence-corrected chi connectivity index (χ4v) is 2.31. The van der Waals surface area contributed by atoms with Gasteiger partial charge in [0.2, 0.25) is 0 Å². The van der Waals surface area contributed by atoms with Crippen molar-refractivity contribution < 1.29 is 13.9 Å². The molecule has 98 valence electrons. The summed E-state index contributed by atoms with van der Waals surface area (Å²) in [5.41, 5.74) is 0.803. The van der Waals surface area contributed by atoms with Crippen LogP contribution in [0.4, 0.5) is 4.39 Å². The van der Waals surface area contributed by atoms with Gasteiger partial charge in [-0.2, -0.15) is 0 Å². The van der Waals surface area contributed by atoms with E-state index in [1.54, 1.807) is 24.3 Å². The van der Waals surface area contributed by atoms with E-state index in [9.17, 15) is 9.18 Å².